The second-order valence-electron chi connectivity index (χ2n) is 5.06. The van der Waals surface area contributed by atoms with Crippen molar-refractivity contribution in [2.75, 3.05) is 20.1 Å². The number of carbonyl (C=O) groups is 3. The van der Waals surface area contributed by atoms with E-state index < -0.39 is 12.0 Å². The van der Waals surface area contributed by atoms with Crippen LogP contribution in [0.4, 0.5) is 4.79 Å². The van der Waals surface area contributed by atoms with Crippen LogP contribution in [0.3, 0.4) is 0 Å². The van der Waals surface area contributed by atoms with E-state index in [2.05, 4.69) is 10.6 Å². The first-order valence-electron chi connectivity index (χ1n) is 7.02. The maximum Gasteiger partial charge on any atom is 0.315 e. The third-order valence-corrected chi connectivity index (χ3v) is 3.34. The van der Waals surface area contributed by atoms with Crippen molar-refractivity contribution in [1.82, 2.24) is 15.5 Å². The quantitative estimate of drug-likeness (QED) is 0.567. The number of nitrogens with one attached hydrogen (secondary N) is 2. The number of hydrogen-bond donors (Lipinski definition) is 3. The van der Waals surface area contributed by atoms with Gasteiger partial charge in [0.05, 0.1) is 0 Å². The van der Waals surface area contributed by atoms with E-state index >= 15 is 0 Å². The summed E-state index contributed by atoms with van der Waals surface area (Å²) in [6.07, 6.45) is 4.07. The molecule has 0 aromatic carbocycles. The van der Waals surface area contributed by atoms with E-state index in [4.69, 9.17) is 5.11 Å². The Hall–Kier alpha value is -1.79. The Labute approximate surface area is 118 Å². The van der Waals surface area contributed by atoms with Crippen LogP contribution in [0, 0.1) is 0 Å². The van der Waals surface area contributed by atoms with Crippen molar-refractivity contribution in [3.05, 3.63) is 0 Å². The highest BCUT2D eigenvalue weighted by Crippen LogP contribution is 2.08. The smallest absolute Gasteiger partial charge is 0.315 e. The highest BCUT2D eigenvalue weighted by Gasteiger charge is 2.29. The van der Waals surface area contributed by atoms with Gasteiger partial charge in [0, 0.05) is 26.6 Å². The van der Waals surface area contributed by atoms with E-state index in [0.29, 0.717) is 25.9 Å². The molecule has 0 radical (unpaired) electrons. The first kappa shape index (κ1) is 16.3. The molecule has 1 atom stereocenters. The van der Waals surface area contributed by atoms with E-state index in [-0.39, 0.29) is 18.4 Å². The molecule has 3 N–H and O–H groups in total. The number of nitrogens with zero attached hydrogens (tertiary/aromatic N) is 1. The third kappa shape index (κ3) is 5.90. The number of urea groups is 1. The number of carbonyl (C=O) groups excluding carboxylic acids is 2. The molecule has 1 rings (SSSR count). The zero-order valence-electron chi connectivity index (χ0n) is 11.9. The summed E-state index contributed by atoms with van der Waals surface area (Å²) < 4.78 is 0. The number of aliphatic carboxylic acids is 1. The fourth-order valence-corrected chi connectivity index (χ4v) is 2.12. The van der Waals surface area contributed by atoms with Crippen LogP contribution in [-0.4, -0.2) is 54.1 Å². The molecule has 3 amide bonds. The SMILES string of the molecule is CN1CCC(NC(=O)NCCCCCCC(=O)O)C1=O. The molecule has 1 unspecified atom stereocenters. The third-order valence-electron chi connectivity index (χ3n) is 3.34. The summed E-state index contributed by atoms with van der Waals surface area (Å²) in [5.74, 6) is -0.817. The average molecular weight is 285 g/mol. The molecular formula is C13H23N3O4. The van der Waals surface area contributed by atoms with Crippen LogP contribution >= 0.6 is 0 Å². The molecule has 1 saturated heterocycles. The lowest BCUT2D eigenvalue weighted by molar-refractivity contribution is -0.137. The molecule has 0 bridgehead atoms. The molecule has 1 aliphatic heterocycles. The van der Waals surface area contributed by atoms with Crippen molar-refractivity contribution < 1.29 is 19.5 Å². The van der Waals surface area contributed by atoms with Crippen LogP contribution in [0.15, 0.2) is 0 Å². The number of unbranched alkanes of at least 4 members (excludes halogenated alkanes) is 3. The highest BCUT2D eigenvalue weighted by atomic mass is 16.4. The van der Waals surface area contributed by atoms with Crippen molar-refractivity contribution >= 4 is 17.9 Å². The van der Waals surface area contributed by atoms with Crippen molar-refractivity contribution in [3.63, 3.8) is 0 Å². The molecule has 0 spiro atoms. The van der Waals surface area contributed by atoms with Gasteiger partial charge >= 0.3 is 12.0 Å². The van der Waals surface area contributed by atoms with E-state index in [0.717, 1.165) is 19.3 Å². The van der Waals surface area contributed by atoms with Gasteiger partial charge in [0.25, 0.3) is 0 Å². The van der Waals surface area contributed by atoms with Crippen LogP contribution in [0.2, 0.25) is 0 Å². The Morgan fingerprint density at radius 1 is 1.30 bits per heavy atom. The molecule has 114 valence electrons. The second kappa shape index (κ2) is 8.39. The Bertz CT molecular complexity index is 360. The van der Waals surface area contributed by atoms with Gasteiger partial charge < -0.3 is 20.6 Å². The number of carboxylic acids is 1. The zero-order chi connectivity index (χ0) is 15.0. The minimum atomic E-state index is -0.770. The van der Waals surface area contributed by atoms with Gasteiger partial charge in [-0.1, -0.05) is 12.8 Å². The Balaban J connectivity index is 2.01. The lowest BCUT2D eigenvalue weighted by Gasteiger charge is -2.13. The van der Waals surface area contributed by atoms with E-state index in [1.165, 1.54) is 0 Å². The molecule has 7 heteroatoms. The molecule has 0 saturated carbocycles. The average Bonchev–Trinajstić information content (AvgIpc) is 2.69. The summed E-state index contributed by atoms with van der Waals surface area (Å²) in [6, 6.07) is -0.722. The number of likely N-dealkylation sites (N-methyl/N-ethyl adjacent to an activating group) is 1. The van der Waals surface area contributed by atoms with Crippen LogP contribution < -0.4 is 10.6 Å². The maximum absolute atomic E-state index is 11.6. The van der Waals surface area contributed by atoms with Crippen LogP contribution in [0.1, 0.15) is 38.5 Å². The van der Waals surface area contributed by atoms with Gasteiger partial charge in [0.1, 0.15) is 6.04 Å². The molecule has 0 aromatic heterocycles. The molecule has 0 aliphatic carbocycles. The van der Waals surface area contributed by atoms with Gasteiger partial charge in [-0.15, -0.1) is 0 Å². The Morgan fingerprint density at radius 2 is 2.00 bits per heavy atom. The molecule has 1 aliphatic rings. The summed E-state index contributed by atoms with van der Waals surface area (Å²) in [6.45, 7) is 1.21. The first-order valence-corrected chi connectivity index (χ1v) is 7.02. The topological polar surface area (TPSA) is 98.7 Å². The summed E-state index contributed by atoms with van der Waals surface area (Å²) in [5, 5.41) is 13.8. The predicted molar refractivity (Wildman–Crippen MR) is 73.3 cm³/mol. The number of rotatable bonds is 8. The van der Waals surface area contributed by atoms with Gasteiger partial charge in [-0.05, 0) is 19.3 Å². The number of likely N-dealkylation sites (tertiary alicyclic amines) is 1. The van der Waals surface area contributed by atoms with Crippen LogP contribution in [0.25, 0.3) is 0 Å². The highest BCUT2D eigenvalue weighted by molar-refractivity contribution is 5.88. The summed E-state index contributed by atoms with van der Waals surface area (Å²) in [4.78, 5) is 35.0. The fourth-order valence-electron chi connectivity index (χ4n) is 2.12. The minimum Gasteiger partial charge on any atom is -0.481 e. The Morgan fingerprint density at radius 3 is 2.60 bits per heavy atom. The van der Waals surface area contributed by atoms with Gasteiger partial charge in [-0.3, -0.25) is 9.59 Å². The second-order valence-corrected chi connectivity index (χ2v) is 5.06. The summed E-state index contributed by atoms with van der Waals surface area (Å²) in [5.41, 5.74) is 0. The predicted octanol–water partition coefficient (Wildman–Crippen LogP) is 0.551. The molecule has 1 heterocycles. The zero-order valence-corrected chi connectivity index (χ0v) is 11.9. The van der Waals surface area contributed by atoms with Crippen LogP contribution in [-0.2, 0) is 9.59 Å². The monoisotopic (exact) mass is 285 g/mol. The normalized spacial score (nSPS) is 18.1. The van der Waals surface area contributed by atoms with Gasteiger partial charge in [0.2, 0.25) is 5.91 Å². The lowest BCUT2D eigenvalue weighted by atomic mass is 10.1. The van der Waals surface area contributed by atoms with Crippen molar-refractivity contribution in [2.45, 2.75) is 44.6 Å². The van der Waals surface area contributed by atoms with E-state index in [1.54, 1.807) is 11.9 Å². The maximum atomic E-state index is 11.6. The minimum absolute atomic E-state index is 0.0474. The van der Waals surface area contributed by atoms with Gasteiger partial charge in [-0.2, -0.15) is 0 Å². The molecular weight excluding hydrogens is 262 g/mol. The molecule has 1 fully saturated rings. The number of carboxylic acid groups (broad SMARTS) is 1. The van der Waals surface area contributed by atoms with Gasteiger partial charge in [-0.25, -0.2) is 4.79 Å². The van der Waals surface area contributed by atoms with Crippen LogP contribution in [0.5, 0.6) is 0 Å². The van der Waals surface area contributed by atoms with Crippen molar-refractivity contribution in [3.8, 4) is 0 Å². The lowest BCUT2D eigenvalue weighted by Crippen LogP contribution is -2.45. The largest absolute Gasteiger partial charge is 0.481 e. The number of hydrogen-bond acceptors (Lipinski definition) is 3. The van der Waals surface area contributed by atoms with E-state index in [9.17, 15) is 14.4 Å². The van der Waals surface area contributed by atoms with E-state index in [1.807, 2.05) is 0 Å². The number of amides is 3. The standard InChI is InChI=1S/C13H23N3O4/c1-16-9-7-10(12(16)19)15-13(20)14-8-5-3-2-4-6-11(17)18/h10H,2-9H2,1H3,(H,17,18)(H2,14,15,20). The molecule has 7 nitrogen and oxygen atoms in total. The first-order chi connectivity index (χ1) is 9.50. The summed E-state index contributed by atoms with van der Waals surface area (Å²) in [7, 11) is 1.72. The van der Waals surface area contributed by atoms with Crippen molar-refractivity contribution in [1.29, 1.82) is 0 Å². The Kier molecular flexibility index (Phi) is 6.83. The fraction of sp³-hybridized carbons (Fsp3) is 0.769. The summed E-state index contributed by atoms with van der Waals surface area (Å²) >= 11 is 0. The molecule has 0 aromatic rings. The van der Waals surface area contributed by atoms with Gasteiger partial charge in [0.15, 0.2) is 0 Å². The molecule has 20 heavy (non-hydrogen) atoms. The van der Waals surface area contributed by atoms with Crippen molar-refractivity contribution in [2.24, 2.45) is 0 Å².